The Bertz CT molecular complexity index is 239. The van der Waals surface area contributed by atoms with E-state index >= 15 is 0 Å². The molecule has 0 radical (unpaired) electrons. The highest BCUT2D eigenvalue weighted by atomic mass is 16.7. The molecule has 2 heteroatoms. The predicted molar refractivity (Wildman–Crippen MR) is 65.2 cm³/mol. The molecule has 0 aromatic rings. The van der Waals surface area contributed by atoms with Crippen LogP contribution in [0.25, 0.3) is 0 Å². The molecular formula is C14H26O2. The average molecular weight is 226 g/mol. The molecule has 16 heavy (non-hydrogen) atoms. The zero-order valence-corrected chi connectivity index (χ0v) is 11.3. The largest absolute Gasteiger partial charge is 0.347 e. The van der Waals surface area contributed by atoms with Gasteiger partial charge in [0.05, 0.1) is 12.2 Å². The minimum absolute atomic E-state index is 0.0234. The molecule has 0 bridgehead atoms. The van der Waals surface area contributed by atoms with E-state index in [1.54, 1.807) is 0 Å². The van der Waals surface area contributed by atoms with Crippen LogP contribution in [-0.4, -0.2) is 18.5 Å². The summed E-state index contributed by atoms with van der Waals surface area (Å²) in [5.74, 6) is 1.26. The lowest BCUT2D eigenvalue weighted by Crippen LogP contribution is -2.42. The minimum Gasteiger partial charge on any atom is -0.347 e. The molecule has 2 fully saturated rings. The molecule has 0 aromatic heterocycles. The van der Waals surface area contributed by atoms with Crippen LogP contribution in [0.4, 0.5) is 0 Å². The van der Waals surface area contributed by atoms with Crippen molar-refractivity contribution in [2.24, 2.45) is 17.3 Å². The molecule has 0 amide bonds. The monoisotopic (exact) mass is 226 g/mol. The first-order chi connectivity index (χ1) is 7.42. The minimum atomic E-state index is 0.0234. The molecular weight excluding hydrogens is 200 g/mol. The molecule has 1 saturated heterocycles. The molecule has 2 nitrogen and oxygen atoms in total. The predicted octanol–water partition coefficient (Wildman–Crippen LogP) is 3.60. The standard InChI is InChI=1S/C14H26O2/c1-9-7-6-8-14(4,5)12(9)13-15-10(2)11(3)16-13/h9-13H,6-8H2,1-5H3. The Morgan fingerprint density at radius 2 is 1.56 bits per heavy atom. The second-order valence-electron chi connectivity index (χ2n) is 6.43. The molecule has 0 N–H and O–H groups in total. The van der Waals surface area contributed by atoms with Gasteiger partial charge in [-0.1, -0.05) is 33.6 Å². The van der Waals surface area contributed by atoms with Crippen LogP contribution in [0.3, 0.4) is 0 Å². The van der Waals surface area contributed by atoms with Crippen LogP contribution in [0.1, 0.15) is 53.9 Å². The van der Waals surface area contributed by atoms with Gasteiger partial charge in [-0.25, -0.2) is 0 Å². The summed E-state index contributed by atoms with van der Waals surface area (Å²) < 4.78 is 12.0. The SMILES string of the molecule is CC1CCCC(C)(C)C1C1OC(C)C(C)O1. The van der Waals surface area contributed by atoms with Crippen LogP contribution in [-0.2, 0) is 9.47 Å². The van der Waals surface area contributed by atoms with Crippen LogP contribution >= 0.6 is 0 Å². The number of rotatable bonds is 1. The highest BCUT2D eigenvalue weighted by Gasteiger charge is 2.46. The average Bonchev–Trinajstić information content (AvgIpc) is 2.44. The van der Waals surface area contributed by atoms with Crippen LogP contribution < -0.4 is 0 Å². The van der Waals surface area contributed by atoms with Gasteiger partial charge in [0.2, 0.25) is 0 Å². The molecule has 1 heterocycles. The van der Waals surface area contributed by atoms with Crippen LogP contribution in [0.15, 0.2) is 0 Å². The molecule has 4 atom stereocenters. The summed E-state index contributed by atoms with van der Waals surface area (Å²) in [4.78, 5) is 0. The van der Waals surface area contributed by atoms with Gasteiger partial charge in [-0.2, -0.15) is 0 Å². The molecule has 0 spiro atoms. The first-order valence-corrected chi connectivity index (χ1v) is 6.73. The summed E-state index contributed by atoms with van der Waals surface area (Å²) >= 11 is 0. The van der Waals surface area contributed by atoms with Gasteiger partial charge in [-0.3, -0.25) is 0 Å². The number of hydrogen-bond donors (Lipinski definition) is 0. The summed E-state index contributed by atoms with van der Waals surface area (Å²) in [6, 6.07) is 0. The van der Waals surface area contributed by atoms with Crippen molar-refractivity contribution in [1.29, 1.82) is 0 Å². The van der Waals surface area contributed by atoms with E-state index in [-0.39, 0.29) is 18.5 Å². The third-order valence-electron chi connectivity index (χ3n) is 4.65. The summed E-state index contributed by atoms with van der Waals surface area (Å²) in [6.07, 6.45) is 4.48. The molecule has 2 rings (SSSR count). The van der Waals surface area contributed by atoms with E-state index in [1.165, 1.54) is 19.3 Å². The van der Waals surface area contributed by atoms with E-state index in [2.05, 4.69) is 34.6 Å². The van der Waals surface area contributed by atoms with E-state index in [4.69, 9.17) is 9.47 Å². The van der Waals surface area contributed by atoms with Crippen molar-refractivity contribution in [2.75, 3.05) is 0 Å². The zero-order chi connectivity index (χ0) is 11.9. The molecule has 0 aromatic carbocycles. The highest BCUT2D eigenvalue weighted by molar-refractivity contribution is 4.90. The Hall–Kier alpha value is -0.0800. The van der Waals surface area contributed by atoms with Crippen molar-refractivity contribution in [3.63, 3.8) is 0 Å². The van der Waals surface area contributed by atoms with Gasteiger partial charge >= 0.3 is 0 Å². The van der Waals surface area contributed by atoms with Gasteiger partial charge in [-0.05, 0) is 31.6 Å². The maximum absolute atomic E-state index is 6.00. The zero-order valence-electron chi connectivity index (χ0n) is 11.3. The van der Waals surface area contributed by atoms with Crippen molar-refractivity contribution >= 4 is 0 Å². The van der Waals surface area contributed by atoms with Gasteiger partial charge in [0.15, 0.2) is 6.29 Å². The second kappa shape index (κ2) is 4.30. The van der Waals surface area contributed by atoms with E-state index in [9.17, 15) is 0 Å². The van der Waals surface area contributed by atoms with Gasteiger partial charge in [0, 0.05) is 5.92 Å². The molecule has 1 aliphatic carbocycles. The van der Waals surface area contributed by atoms with Crippen molar-refractivity contribution in [3.8, 4) is 0 Å². The van der Waals surface area contributed by atoms with Crippen LogP contribution in [0.5, 0.6) is 0 Å². The molecule has 1 aliphatic heterocycles. The fraction of sp³-hybridized carbons (Fsp3) is 1.00. The van der Waals surface area contributed by atoms with Crippen molar-refractivity contribution in [1.82, 2.24) is 0 Å². The second-order valence-corrected chi connectivity index (χ2v) is 6.43. The summed E-state index contributed by atoms with van der Waals surface area (Å²) in [5.41, 5.74) is 0.353. The molecule has 4 unspecified atom stereocenters. The normalized spacial score (nSPS) is 48.2. The smallest absolute Gasteiger partial charge is 0.162 e. The van der Waals surface area contributed by atoms with Gasteiger partial charge < -0.3 is 9.47 Å². The topological polar surface area (TPSA) is 18.5 Å². The first kappa shape index (κ1) is 12.4. The van der Waals surface area contributed by atoms with Crippen molar-refractivity contribution in [3.05, 3.63) is 0 Å². The maximum Gasteiger partial charge on any atom is 0.162 e. The molecule has 1 saturated carbocycles. The Morgan fingerprint density at radius 1 is 1.00 bits per heavy atom. The maximum atomic E-state index is 6.00. The summed E-state index contributed by atoms with van der Waals surface area (Å²) in [5, 5.41) is 0. The molecule has 2 aliphatic rings. The van der Waals surface area contributed by atoms with E-state index < -0.39 is 0 Å². The van der Waals surface area contributed by atoms with E-state index in [1.807, 2.05) is 0 Å². The lowest BCUT2D eigenvalue weighted by Gasteiger charge is -2.45. The van der Waals surface area contributed by atoms with E-state index in [0.717, 1.165) is 0 Å². The fourth-order valence-electron chi connectivity index (χ4n) is 3.48. The van der Waals surface area contributed by atoms with Crippen LogP contribution in [0, 0.1) is 17.3 Å². The Labute approximate surface area is 99.7 Å². The van der Waals surface area contributed by atoms with Crippen molar-refractivity contribution in [2.45, 2.75) is 72.4 Å². The van der Waals surface area contributed by atoms with Crippen molar-refractivity contribution < 1.29 is 9.47 Å². The Balaban J connectivity index is 2.11. The van der Waals surface area contributed by atoms with Gasteiger partial charge in [0.1, 0.15) is 0 Å². The van der Waals surface area contributed by atoms with Gasteiger partial charge in [-0.15, -0.1) is 0 Å². The highest BCUT2D eigenvalue weighted by Crippen LogP contribution is 2.48. The van der Waals surface area contributed by atoms with Gasteiger partial charge in [0.25, 0.3) is 0 Å². The fourth-order valence-corrected chi connectivity index (χ4v) is 3.48. The Kier molecular flexibility index (Phi) is 3.33. The summed E-state index contributed by atoms with van der Waals surface area (Å²) in [7, 11) is 0. The quantitative estimate of drug-likeness (QED) is 0.680. The van der Waals surface area contributed by atoms with Crippen LogP contribution in [0.2, 0.25) is 0 Å². The third kappa shape index (κ3) is 2.14. The third-order valence-corrected chi connectivity index (χ3v) is 4.65. The molecule has 94 valence electrons. The Morgan fingerprint density at radius 3 is 2.06 bits per heavy atom. The number of hydrogen-bond acceptors (Lipinski definition) is 2. The number of ether oxygens (including phenoxy) is 2. The lowest BCUT2D eigenvalue weighted by atomic mass is 9.64. The van der Waals surface area contributed by atoms with E-state index in [0.29, 0.717) is 17.3 Å². The lowest BCUT2D eigenvalue weighted by molar-refractivity contribution is -0.157. The first-order valence-electron chi connectivity index (χ1n) is 6.73. The summed E-state index contributed by atoms with van der Waals surface area (Å²) in [6.45, 7) is 11.3.